The van der Waals surface area contributed by atoms with Crippen molar-refractivity contribution in [1.29, 1.82) is 0 Å². The van der Waals surface area contributed by atoms with Gasteiger partial charge in [-0.1, -0.05) is 20.3 Å². The zero-order chi connectivity index (χ0) is 16.8. The third-order valence-corrected chi connectivity index (χ3v) is 5.34. The monoisotopic (exact) mass is 338 g/mol. The molecular weight excluding hydrogens is 312 g/mol. The van der Waals surface area contributed by atoms with Crippen molar-refractivity contribution < 1.29 is 9.59 Å². The minimum Gasteiger partial charge on any atom is -0.359 e. The van der Waals surface area contributed by atoms with Crippen molar-refractivity contribution in [2.24, 2.45) is 5.92 Å². The lowest BCUT2D eigenvalue weighted by Crippen LogP contribution is -2.47. The number of amides is 3. The molecule has 1 heterocycles. The normalized spacial score (nSPS) is 20.5. The molecule has 0 radical (unpaired) electrons. The average molecular weight is 338 g/mol. The molecule has 1 fully saturated rings. The van der Waals surface area contributed by atoms with Crippen molar-refractivity contribution >= 4 is 23.3 Å². The fourth-order valence-corrected chi connectivity index (χ4v) is 3.73. The predicted molar refractivity (Wildman–Crippen MR) is 91.6 cm³/mol. The molecule has 3 N–H and O–H groups in total. The largest absolute Gasteiger partial charge is 0.359 e. The molecule has 0 saturated heterocycles. The predicted octanol–water partition coefficient (Wildman–Crippen LogP) is 2.02. The third-order valence-electron chi connectivity index (χ3n) is 4.15. The Balaban J connectivity index is 1.73. The van der Waals surface area contributed by atoms with E-state index < -0.39 is 0 Å². The van der Waals surface area contributed by atoms with Crippen LogP contribution in [0.3, 0.4) is 0 Å². The summed E-state index contributed by atoms with van der Waals surface area (Å²) < 4.78 is 0. The highest BCUT2D eigenvalue weighted by Crippen LogP contribution is 2.25. The van der Waals surface area contributed by atoms with Crippen molar-refractivity contribution in [2.75, 3.05) is 13.6 Å². The van der Waals surface area contributed by atoms with E-state index in [-0.39, 0.29) is 23.9 Å². The fraction of sp³-hybridized carbons (Fsp3) is 0.688. The van der Waals surface area contributed by atoms with Gasteiger partial charge in [-0.05, 0) is 12.8 Å². The van der Waals surface area contributed by atoms with Crippen molar-refractivity contribution in [3.8, 4) is 0 Å². The van der Waals surface area contributed by atoms with Crippen molar-refractivity contribution in [1.82, 2.24) is 20.9 Å². The van der Waals surface area contributed by atoms with E-state index >= 15 is 0 Å². The number of carbonyl (C=O) groups is 2. The zero-order valence-electron chi connectivity index (χ0n) is 14.0. The second-order valence-corrected chi connectivity index (χ2v) is 7.13. The molecule has 3 amide bonds. The van der Waals surface area contributed by atoms with Crippen LogP contribution in [0.1, 0.15) is 49.7 Å². The maximum atomic E-state index is 12.0. The number of aromatic nitrogens is 1. The molecule has 0 spiro atoms. The number of rotatable bonds is 6. The van der Waals surface area contributed by atoms with Gasteiger partial charge in [0.25, 0.3) is 0 Å². The minimum absolute atomic E-state index is 0.0106. The zero-order valence-corrected chi connectivity index (χ0v) is 14.8. The quantitative estimate of drug-likeness (QED) is 0.742. The molecule has 1 aromatic heterocycles. The first-order valence-corrected chi connectivity index (χ1v) is 9.09. The number of thiazole rings is 1. The highest BCUT2D eigenvalue weighted by Gasteiger charge is 2.33. The second-order valence-electron chi connectivity index (χ2n) is 6.24. The van der Waals surface area contributed by atoms with Crippen LogP contribution in [-0.4, -0.2) is 36.6 Å². The summed E-state index contributed by atoms with van der Waals surface area (Å²) in [6, 6.07) is -0.271. The SMILES string of the molecule is CNC(=O)C1CCCC1NC(=O)NCCc1csc(C(C)C)n1. The van der Waals surface area contributed by atoms with E-state index in [9.17, 15) is 9.59 Å². The lowest BCUT2D eigenvalue weighted by Gasteiger charge is -2.19. The second kappa shape index (κ2) is 8.29. The molecule has 2 rings (SSSR count). The number of nitrogens with zero attached hydrogens (tertiary/aromatic N) is 1. The number of urea groups is 1. The van der Waals surface area contributed by atoms with Gasteiger partial charge in [-0.15, -0.1) is 11.3 Å². The van der Waals surface area contributed by atoms with Gasteiger partial charge in [0.05, 0.1) is 16.6 Å². The molecule has 1 aliphatic carbocycles. The molecule has 23 heavy (non-hydrogen) atoms. The van der Waals surface area contributed by atoms with Gasteiger partial charge in [-0.2, -0.15) is 0 Å². The molecule has 7 heteroatoms. The summed E-state index contributed by atoms with van der Waals surface area (Å²) in [5.41, 5.74) is 1.02. The van der Waals surface area contributed by atoms with Gasteiger partial charge in [0.15, 0.2) is 0 Å². The summed E-state index contributed by atoms with van der Waals surface area (Å²) in [6.45, 7) is 4.79. The Kier molecular flexibility index (Phi) is 6.38. The Morgan fingerprint density at radius 2 is 2.17 bits per heavy atom. The summed E-state index contributed by atoms with van der Waals surface area (Å²) >= 11 is 1.66. The van der Waals surface area contributed by atoms with Crippen LogP contribution in [-0.2, 0) is 11.2 Å². The van der Waals surface area contributed by atoms with Crippen LogP contribution >= 0.6 is 11.3 Å². The Labute approximate surface area is 141 Å². The Morgan fingerprint density at radius 1 is 1.39 bits per heavy atom. The first kappa shape index (κ1) is 17.7. The van der Waals surface area contributed by atoms with Crippen LogP contribution in [0.15, 0.2) is 5.38 Å². The summed E-state index contributed by atoms with van der Waals surface area (Å²) in [5, 5.41) is 11.6. The topological polar surface area (TPSA) is 83.1 Å². The summed E-state index contributed by atoms with van der Waals surface area (Å²) in [6.07, 6.45) is 3.39. The van der Waals surface area contributed by atoms with Gasteiger partial charge in [0, 0.05) is 37.4 Å². The summed E-state index contributed by atoms with van der Waals surface area (Å²) in [5.74, 6) is 0.336. The number of carbonyl (C=O) groups excluding carboxylic acids is 2. The lowest BCUT2D eigenvalue weighted by atomic mass is 10.0. The van der Waals surface area contributed by atoms with Gasteiger partial charge < -0.3 is 16.0 Å². The maximum absolute atomic E-state index is 12.0. The van der Waals surface area contributed by atoms with Gasteiger partial charge >= 0.3 is 6.03 Å². The average Bonchev–Trinajstić information content (AvgIpc) is 3.16. The standard InChI is InChI=1S/C16H26N4O2S/c1-10(2)15-19-11(9-23-15)7-8-18-16(22)20-13-6-4-5-12(13)14(21)17-3/h9-10,12-13H,4-8H2,1-3H3,(H,17,21)(H2,18,20,22). The van der Waals surface area contributed by atoms with Crippen LogP contribution < -0.4 is 16.0 Å². The highest BCUT2D eigenvalue weighted by atomic mass is 32.1. The summed E-state index contributed by atoms with van der Waals surface area (Å²) in [7, 11) is 1.64. The molecule has 0 aliphatic heterocycles. The molecule has 0 aromatic carbocycles. The molecule has 1 saturated carbocycles. The molecule has 2 atom stereocenters. The summed E-state index contributed by atoms with van der Waals surface area (Å²) in [4.78, 5) is 28.3. The smallest absolute Gasteiger partial charge is 0.315 e. The third kappa shape index (κ3) is 4.92. The van der Waals surface area contributed by atoms with E-state index in [2.05, 4.69) is 34.8 Å². The molecule has 1 aromatic rings. The van der Waals surface area contributed by atoms with E-state index in [1.807, 2.05) is 5.38 Å². The van der Waals surface area contributed by atoms with Crippen molar-refractivity contribution in [3.63, 3.8) is 0 Å². The molecule has 0 bridgehead atoms. The van der Waals surface area contributed by atoms with E-state index in [4.69, 9.17) is 0 Å². The Morgan fingerprint density at radius 3 is 2.83 bits per heavy atom. The van der Waals surface area contributed by atoms with Crippen molar-refractivity contribution in [2.45, 2.75) is 51.5 Å². The molecule has 128 valence electrons. The van der Waals surface area contributed by atoms with E-state index in [0.717, 1.165) is 36.4 Å². The van der Waals surface area contributed by atoms with Crippen LogP contribution in [0.25, 0.3) is 0 Å². The van der Waals surface area contributed by atoms with Gasteiger partial charge in [0.1, 0.15) is 0 Å². The van der Waals surface area contributed by atoms with Crippen LogP contribution in [0, 0.1) is 5.92 Å². The van der Waals surface area contributed by atoms with E-state index in [1.165, 1.54) is 0 Å². The Hall–Kier alpha value is -1.63. The molecule has 2 unspecified atom stereocenters. The van der Waals surface area contributed by atoms with Crippen LogP contribution in [0.2, 0.25) is 0 Å². The minimum atomic E-state index is -0.204. The highest BCUT2D eigenvalue weighted by molar-refractivity contribution is 7.09. The number of nitrogens with one attached hydrogen (secondary N) is 3. The number of hydrogen-bond donors (Lipinski definition) is 3. The molecular formula is C16H26N4O2S. The van der Waals surface area contributed by atoms with Crippen LogP contribution in [0.5, 0.6) is 0 Å². The van der Waals surface area contributed by atoms with Gasteiger partial charge in [-0.3, -0.25) is 4.79 Å². The van der Waals surface area contributed by atoms with E-state index in [0.29, 0.717) is 12.5 Å². The lowest BCUT2D eigenvalue weighted by molar-refractivity contribution is -0.124. The van der Waals surface area contributed by atoms with Crippen LogP contribution in [0.4, 0.5) is 4.79 Å². The van der Waals surface area contributed by atoms with E-state index in [1.54, 1.807) is 18.4 Å². The van der Waals surface area contributed by atoms with Gasteiger partial charge in [0.2, 0.25) is 5.91 Å². The maximum Gasteiger partial charge on any atom is 0.315 e. The molecule has 6 nitrogen and oxygen atoms in total. The molecule has 1 aliphatic rings. The fourth-order valence-electron chi connectivity index (χ4n) is 2.86. The van der Waals surface area contributed by atoms with Crippen molar-refractivity contribution in [3.05, 3.63) is 16.1 Å². The Bertz CT molecular complexity index is 544. The number of hydrogen-bond acceptors (Lipinski definition) is 4. The first-order chi connectivity index (χ1) is 11.0. The first-order valence-electron chi connectivity index (χ1n) is 8.21. The van der Waals surface area contributed by atoms with Gasteiger partial charge in [-0.25, -0.2) is 9.78 Å².